The molecule has 1 saturated carbocycles. The second kappa shape index (κ2) is 6.19. The van der Waals surface area contributed by atoms with Crippen molar-refractivity contribution in [1.82, 2.24) is 0 Å². The number of hydrogen-bond donors (Lipinski definition) is 1. The third-order valence-electron chi connectivity index (χ3n) is 7.02. The van der Waals surface area contributed by atoms with Crippen LogP contribution in [-0.2, 0) is 10.2 Å². The lowest BCUT2D eigenvalue weighted by atomic mass is 9.49. The van der Waals surface area contributed by atoms with E-state index in [1.54, 1.807) is 14.2 Å². The normalized spacial score (nSPS) is 30.7. The summed E-state index contributed by atoms with van der Waals surface area (Å²) in [5, 5.41) is 11.3. The molecule has 0 aromatic heterocycles. The van der Waals surface area contributed by atoms with E-state index in [0.717, 1.165) is 24.0 Å². The van der Waals surface area contributed by atoms with Gasteiger partial charge in [0, 0.05) is 23.7 Å². The Hall–Kier alpha value is -1.22. The molecule has 3 nitrogen and oxygen atoms in total. The number of phenolic OH excluding ortho intramolecular Hbond substituents is 1. The van der Waals surface area contributed by atoms with E-state index in [9.17, 15) is 5.11 Å². The van der Waals surface area contributed by atoms with Crippen molar-refractivity contribution in [3.63, 3.8) is 0 Å². The van der Waals surface area contributed by atoms with Crippen molar-refractivity contribution in [1.29, 1.82) is 0 Å². The Bertz CT molecular complexity index is 662. The molecule has 2 aliphatic rings. The van der Waals surface area contributed by atoms with E-state index in [1.807, 2.05) is 0 Å². The maximum atomic E-state index is 11.3. The lowest BCUT2D eigenvalue weighted by molar-refractivity contribution is -0.0238. The molecule has 0 radical (unpaired) electrons. The van der Waals surface area contributed by atoms with Gasteiger partial charge in [0.15, 0.2) is 11.5 Å². The Morgan fingerprint density at radius 3 is 2.40 bits per heavy atom. The topological polar surface area (TPSA) is 38.7 Å². The lowest BCUT2D eigenvalue weighted by Crippen LogP contribution is -2.49. The number of aromatic hydroxyl groups is 1. The van der Waals surface area contributed by atoms with E-state index < -0.39 is 0 Å². The fraction of sp³-hybridized carbons (Fsp3) is 0.727. The Morgan fingerprint density at radius 2 is 1.84 bits per heavy atom. The Labute approximate surface area is 152 Å². The molecule has 0 amide bonds. The van der Waals surface area contributed by atoms with Gasteiger partial charge < -0.3 is 14.6 Å². The summed E-state index contributed by atoms with van der Waals surface area (Å²) in [6.07, 6.45) is 4.62. The van der Waals surface area contributed by atoms with E-state index in [0.29, 0.717) is 17.4 Å². The van der Waals surface area contributed by atoms with Crippen molar-refractivity contribution in [2.45, 2.75) is 77.7 Å². The maximum Gasteiger partial charge on any atom is 0.164 e. The SMILES string of the molecule is COc1c(C(C)C)cc2c(c1O)C1(C)CCCC(C)(C)C1CC2OC. The fourth-order valence-electron chi connectivity index (χ4n) is 5.75. The first kappa shape index (κ1) is 18.6. The molecular weight excluding hydrogens is 312 g/mol. The van der Waals surface area contributed by atoms with Gasteiger partial charge in [0.2, 0.25) is 0 Å². The number of fused-ring (bicyclic) bond motifs is 3. The maximum absolute atomic E-state index is 11.3. The molecule has 0 aliphatic heterocycles. The van der Waals surface area contributed by atoms with Crippen molar-refractivity contribution in [3.8, 4) is 11.5 Å². The minimum atomic E-state index is -0.0288. The van der Waals surface area contributed by atoms with Crippen LogP contribution in [0.25, 0.3) is 0 Å². The number of methoxy groups -OCH3 is 2. The third kappa shape index (κ3) is 2.66. The number of hydrogen-bond acceptors (Lipinski definition) is 3. The molecule has 140 valence electrons. The smallest absolute Gasteiger partial charge is 0.164 e. The van der Waals surface area contributed by atoms with Gasteiger partial charge in [-0.2, -0.15) is 0 Å². The monoisotopic (exact) mass is 346 g/mol. The summed E-state index contributed by atoms with van der Waals surface area (Å²) >= 11 is 0. The first-order valence-electron chi connectivity index (χ1n) is 9.64. The summed E-state index contributed by atoms with van der Waals surface area (Å²) in [7, 11) is 3.46. The molecule has 3 rings (SSSR count). The van der Waals surface area contributed by atoms with Crippen molar-refractivity contribution in [2.24, 2.45) is 11.3 Å². The van der Waals surface area contributed by atoms with E-state index in [1.165, 1.54) is 18.4 Å². The molecule has 1 aromatic carbocycles. The van der Waals surface area contributed by atoms with Crippen LogP contribution in [0, 0.1) is 11.3 Å². The molecule has 2 aliphatic carbocycles. The van der Waals surface area contributed by atoms with Gasteiger partial charge >= 0.3 is 0 Å². The first-order chi connectivity index (χ1) is 11.7. The number of benzene rings is 1. The number of rotatable bonds is 3. The quantitative estimate of drug-likeness (QED) is 0.763. The molecular formula is C22H34O3. The van der Waals surface area contributed by atoms with Crippen LogP contribution in [0.3, 0.4) is 0 Å². The van der Waals surface area contributed by atoms with Crippen LogP contribution in [0.15, 0.2) is 6.07 Å². The number of phenols is 1. The van der Waals surface area contributed by atoms with Gasteiger partial charge in [0.1, 0.15) is 0 Å². The summed E-state index contributed by atoms with van der Waals surface area (Å²) in [6.45, 7) is 11.4. The fourth-order valence-corrected chi connectivity index (χ4v) is 5.75. The van der Waals surface area contributed by atoms with Crippen LogP contribution < -0.4 is 4.74 Å². The van der Waals surface area contributed by atoms with E-state index in [-0.39, 0.29) is 22.9 Å². The standard InChI is InChI=1S/C22H34O3/c1-13(2)14-11-15-16(24-6)12-17-21(3,4)9-8-10-22(17,5)18(15)19(23)20(14)25-7/h11,13,16-17,23H,8-10,12H2,1-7H3. The average molecular weight is 347 g/mol. The van der Waals surface area contributed by atoms with Crippen LogP contribution in [0.5, 0.6) is 11.5 Å². The van der Waals surface area contributed by atoms with Crippen molar-refractivity contribution < 1.29 is 14.6 Å². The summed E-state index contributed by atoms with van der Waals surface area (Å²) < 4.78 is 11.6. The van der Waals surface area contributed by atoms with Crippen molar-refractivity contribution in [3.05, 3.63) is 22.8 Å². The van der Waals surface area contributed by atoms with Crippen LogP contribution in [-0.4, -0.2) is 19.3 Å². The van der Waals surface area contributed by atoms with Gasteiger partial charge in [-0.25, -0.2) is 0 Å². The molecule has 1 aromatic rings. The molecule has 0 bridgehead atoms. The lowest BCUT2D eigenvalue weighted by Gasteiger charge is -2.55. The zero-order valence-corrected chi connectivity index (χ0v) is 16.9. The summed E-state index contributed by atoms with van der Waals surface area (Å²) in [6, 6.07) is 2.23. The van der Waals surface area contributed by atoms with Crippen LogP contribution in [0.4, 0.5) is 0 Å². The minimum absolute atomic E-state index is 0.0288. The van der Waals surface area contributed by atoms with Gasteiger partial charge in [0.25, 0.3) is 0 Å². The first-order valence-corrected chi connectivity index (χ1v) is 9.64. The molecule has 3 heteroatoms. The Kier molecular flexibility index (Phi) is 4.60. The van der Waals surface area contributed by atoms with Crippen molar-refractivity contribution >= 4 is 0 Å². The molecule has 3 unspecified atom stereocenters. The van der Waals surface area contributed by atoms with Crippen LogP contribution in [0.1, 0.15) is 89.0 Å². The second-order valence-electron chi connectivity index (χ2n) is 9.24. The second-order valence-corrected chi connectivity index (χ2v) is 9.24. The molecule has 1 N–H and O–H groups in total. The molecule has 1 fully saturated rings. The Balaban J connectivity index is 2.30. The third-order valence-corrected chi connectivity index (χ3v) is 7.02. The summed E-state index contributed by atoms with van der Waals surface area (Å²) in [4.78, 5) is 0. The number of ether oxygens (including phenoxy) is 2. The summed E-state index contributed by atoms with van der Waals surface area (Å²) in [5.74, 6) is 1.77. The highest BCUT2D eigenvalue weighted by Crippen LogP contribution is 2.62. The zero-order chi connectivity index (χ0) is 18.6. The highest BCUT2D eigenvalue weighted by molar-refractivity contribution is 5.60. The summed E-state index contributed by atoms with van der Waals surface area (Å²) in [5.41, 5.74) is 3.53. The van der Waals surface area contributed by atoms with E-state index in [4.69, 9.17) is 9.47 Å². The molecule has 25 heavy (non-hydrogen) atoms. The largest absolute Gasteiger partial charge is 0.504 e. The zero-order valence-electron chi connectivity index (χ0n) is 16.9. The van der Waals surface area contributed by atoms with Crippen LogP contribution >= 0.6 is 0 Å². The minimum Gasteiger partial charge on any atom is -0.504 e. The van der Waals surface area contributed by atoms with Gasteiger partial charge in [0.05, 0.1) is 13.2 Å². The average Bonchev–Trinajstić information content (AvgIpc) is 2.53. The van der Waals surface area contributed by atoms with E-state index >= 15 is 0 Å². The molecule has 3 atom stereocenters. The highest BCUT2D eigenvalue weighted by Gasteiger charge is 2.53. The molecule has 0 saturated heterocycles. The Morgan fingerprint density at radius 1 is 1.16 bits per heavy atom. The van der Waals surface area contributed by atoms with Crippen LogP contribution in [0.2, 0.25) is 0 Å². The van der Waals surface area contributed by atoms with Crippen molar-refractivity contribution in [2.75, 3.05) is 14.2 Å². The van der Waals surface area contributed by atoms with Gasteiger partial charge in [-0.1, -0.05) is 41.0 Å². The van der Waals surface area contributed by atoms with Gasteiger partial charge in [-0.05, 0) is 48.1 Å². The molecule has 0 spiro atoms. The predicted molar refractivity (Wildman–Crippen MR) is 102 cm³/mol. The van der Waals surface area contributed by atoms with Gasteiger partial charge in [-0.15, -0.1) is 0 Å². The highest BCUT2D eigenvalue weighted by atomic mass is 16.5. The van der Waals surface area contributed by atoms with E-state index in [2.05, 4.69) is 40.7 Å². The van der Waals surface area contributed by atoms with Gasteiger partial charge in [-0.3, -0.25) is 0 Å². The predicted octanol–water partition coefficient (Wildman–Crippen LogP) is 5.70. The molecule has 0 heterocycles.